The zero-order valence-corrected chi connectivity index (χ0v) is 12.1. The predicted molar refractivity (Wildman–Crippen MR) is 76.9 cm³/mol. The van der Waals surface area contributed by atoms with Crippen molar-refractivity contribution in [1.29, 1.82) is 0 Å². The van der Waals surface area contributed by atoms with Gasteiger partial charge in [0.2, 0.25) is 0 Å². The minimum absolute atomic E-state index is 0.0998. The molecule has 0 amide bonds. The van der Waals surface area contributed by atoms with Crippen molar-refractivity contribution < 1.29 is 17.7 Å². The van der Waals surface area contributed by atoms with Crippen LogP contribution in [0.4, 0.5) is 5.69 Å². The molecule has 0 radical (unpaired) electrons. The van der Waals surface area contributed by atoms with E-state index >= 15 is 0 Å². The number of aryl methyl sites for hydroxylation is 1. The Bertz CT molecular complexity index is 759. The highest BCUT2D eigenvalue weighted by atomic mass is 35.5. The lowest BCUT2D eigenvalue weighted by atomic mass is 10.2. The van der Waals surface area contributed by atoms with Gasteiger partial charge in [-0.05, 0) is 24.6 Å². The Hall–Kier alpha value is -1.76. The molecule has 0 heterocycles. The quantitative estimate of drug-likeness (QED) is 0.670. The first-order chi connectivity index (χ1) is 9.29. The van der Waals surface area contributed by atoms with Gasteiger partial charge in [0.25, 0.3) is 10.1 Å². The van der Waals surface area contributed by atoms with E-state index in [9.17, 15) is 8.42 Å². The lowest BCUT2D eigenvalue weighted by Gasteiger charge is -2.12. The number of benzene rings is 2. The molecule has 0 bridgehead atoms. The zero-order chi connectivity index (χ0) is 14.9. The van der Waals surface area contributed by atoms with Crippen LogP contribution < -0.4 is 10.5 Å². The topological polar surface area (TPSA) is 89.6 Å². The maximum atomic E-state index is 11.2. The van der Waals surface area contributed by atoms with E-state index in [4.69, 9.17) is 26.6 Å². The second-order valence-corrected chi connectivity index (χ2v) is 5.96. The van der Waals surface area contributed by atoms with Crippen LogP contribution in [0.25, 0.3) is 0 Å². The van der Waals surface area contributed by atoms with Crippen LogP contribution in [0.1, 0.15) is 5.56 Å². The highest BCUT2D eigenvalue weighted by Crippen LogP contribution is 2.35. The molecule has 0 saturated heterocycles. The zero-order valence-electron chi connectivity index (χ0n) is 10.5. The van der Waals surface area contributed by atoms with E-state index in [1.54, 1.807) is 12.1 Å². The molecule has 0 unspecified atom stereocenters. The largest absolute Gasteiger partial charge is 0.455 e. The van der Waals surface area contributed by atoms with Gasteiger partial charge in [-0.2, -0.15) is 8.42 Å². The molecule has 0 aliphatic heterocycles. The van der Waals surface area contributed by atoms with E-state index in [0.717, 1.165) is 11.6 Å². The molecule has 7 heteroatoms. The van der Waals surface area contributed by atoms with E-state index in [1.807, 2.05) is 19.1 Å². The summed E-state index contributed by atoms with van der Waals surface area (Å²) in [5.74, 6) is 0.628. The molecule has 106 valence electrons. The van der Waals surface area contributed by atoms with Crippen LogP contribution in [0, 0.1) is 6.92 Å². The Morgan fingerprint density at radius 3 is 2.45 bits per heavy atom. The van der Waals surface area contributed by atoms with Crippen LogP contribution in [0.2, 0.25) is 5.02 Å². The van der Waals surface area contributed by atoms with Crippen molar-refractivity contribution in [3.63, 3.8) is 0 Å². The molecule has 0 spiro atoms. The second-order valence-electron chi connectivity index (χ2n) is 4.16. The fourth-order valence-corrected chi connectivity index (χ4v) is 2.46. The van der Waals surface area contributed by atoms with Crippen LogP contribution in [-0.4, -0.2) is 13.0 Å². The van der Waals surface area contributed by atoms with E-state index in [0.29, 0.717) is 5.75 Å². The number of nitrogen functional groups attached to an aromatic ring is 1. The second kappa shape index (κ2) is 5.32. The van der Waals surface area contributed by atoms with Gasteiger partial charge in [0.15, 0.2) is 0 Å². The number of ether oxygens (including phenoxy) is 1. The third-order valence-corrected chi connectivity index (χ3v) is 3.86. The summed E-state index contributed by atoms with van der Waals surface area (Å²) in [5, 5.41) is 0.151. The highest BCUT2D eigenvalue weighted by Gasteiger charge is 2.18. The molecule has 3 N–H and O–H groups in total. The van der Waals surface area contributed by atoms with Gasteiger partial charge in [0.05, 0.1) is 10.7 Å². The molecule has 0 aromatic heterocycles. The molecule has 5 nitrogen and oxygen atoms in total. The van der Waals surface area contributed by atoms with Gasteiger partial charge in [-0.3, -0.25) is 4.55 Å². The Labute approximate surface area is 121 Å². The van der Waals surface area contributed by atoms with Crippen LogP contribution in [0.3, 0.4) is 0 Å². The first-order valence-electron chi connectivity index (χ1n) is 5.59. The van der Waals surface area contributed by atoms with E-state index in [-0.39, 0.29) is 16.5 Å². The van der Waals surface area contributed by atoms with Crippen LogP contribution >= 0.6 is 11.6 Å². The molecule has 0 atom stereocenters. The summed E-state index contributed by atoms with van der Waals surface area (Å²) in [5.41, 5.74) is 6.23. The van der Waals surface area contributed by atoms with E-state index < -0.39 is 15.0 Å². The fraction of sp³-hybridized carbons (Fsp3) is 0.0769. The number of halogens is 1. The van der Waals surface area contributed by atoms with Gasteiger partial charge in [0, 0.05) is 6.07 Å². The van der Waals surface area contributed by atoms with Crippen molar-refractivity contribution in [3.05, 3.63) is 47.0 Å². The van der Waals surface area contributed by atoms with Crippen molar-refractivity contribution in [1.82, 2.24) is 0 Å². The first kappa shape index (κ1) is 14.6. The molecule has 0 saturated carbocycles. The fourth-order valence-electron chi connectivity index (χ4n) is 1.64. The van der Waals surface area contributed by atoms with Gasteiger partial charge in [0.1, 0.15) is 16.4 Å². The summed E-state index contributed by atoms with van der Waals surface area (Å²) in [6.07, 6.45) is 0. The minimum atomic E-state index is -4.44. The third kappa shape index (κ3) is 3.04. The SMILES string of the molecule is Cc1ccccc1Oc1cc(S(=O)(=O)O)c(N)cc1Cl. The molecular formula is C13H12ClNO4S. The van der Waals surface area contributed by atoms with Crippen molar-refractivity contribution in [3.8, 4) is 11.5 Å². The molecule has 2 aromatic carbocycles. The maximum Gasteiger partial charge on any atom is 0.296 e. The number of hydrogen-bond donors (Lipinski definition) is 2. The minimum Gasteiger partial charge on any atom is -0.455 e. The number of nitrogens with two attached hydrogens (primary N) is 1. The molecule has 0 aliphatic rings. The maximum absolute atomic E-state index is 11.2. The monoisotopic (exact) mass is 313 g/mol. The van der Waals surface area contributed by atoms with Gasteiger partial charge in [-0.15, -0.1) is 0 Å². The predicted octanol–water partition coefficient (Wildman–Crippen LogP) is 3.27. The number of rotatable bonds is 3. The lowest BCUT2D eigenvalue weighted by Crippen LogP contribution is -2.04. The number of anilines is 1. The van der Waals surface area contributed by atoms with Gasteiger partial charge in [-0.1, -0.05) is 29.8 Å². The van der Waals surface area contributed by atoms with Crippen molar-refractivity contribution in [2.45, 2.75) is 11.8 Å². The van der Waals surface area contributed by atoms with Crippen molar-refractivity contribution in [2.75, 3.05) is 5.73 Å². The Balaban J connectivity index is 2.51. The average molecular weight is 314 g/mol. The molecule has 2 aromatic rings. The number of hydrogen-bond acceptors (Lipinski definition) is 4. The highest BCUT2D eigenvalue weighted by molar-refractivity contribution is 7.86. The summed E-state index contributed by atoms with van der Waals surface area (Å²) in [4.78, 5) is -0.439. The van der Waals surface area contributed by atoms with Crippen molar-refractivity contribution >= 4 is 27.4 Å². The Morgan fingerprint density at radius 1 is 1.20 bits per heavy atom. The van der Waals surface area contributed by atoms with E-state index in [2.05, 4.69) is 0 Å². The lowest BCUT2D eigenvalue weighted by molar-refractivity contribution is 0.470. The van der Waals surface area contributed by atoms with Gasteiger partial charge in [-0.25, -0.2) is 0 Å². The molecule has 0 aliphatic carbocycles. The number of para-hydroxylation sites is 1. The summed E-state index contributed by atoms with van der Waals surface area (Å²) in [6.45, 7) is 1.84. The summed E-state index contributed by atoms with van der Waals surface area (Å²) < 4.78 is 37.1. The first-order valence-corrected chi connectivity index (χ1v) is 7.41. The normalized spacial score (nSPS) is 11.3. The van der Waals surface area contributed by atoms with Crippen LogP contribution in [0.15, 0.2) is 41.3 Å². The smallest absolute Gasteiger partial charge is 0.296 e. The molecule has 20 heavy (non-hydrogen) atoms. The van der Waals surface area contributed by atoms with Crippen LogP contribution in [0.5, 0.6) is 11.5 Å². The van der Waals surface area contributed by atoms with E-state index in [1.165, 1.54) is 6.07 Å². The Kier molecular flexibility index (Phi) is 3.89. The summed E-state index contributed by atoms with van der Waals surface area (Å²) in [7, 11) is -4.44. The molecule has 0 fully saturated rings. The van der Waals surface area contributed by atoms with Crippen molar-refractivity contribution in [2.24, 2.45) is 0 Å². The summed E-state index contributed by atoms with van der Waals surface area (Å²) in [6, 6.07) is 9.49. The molecule has 2 rings (SSSR count). The standard InChI is InChI=1S/C13H12ClNO4S/c1-8-4-2-3-5-11(8)19-12-7-13(20(16,17)18)10(15)6-9(12)14/h2-7H,15H2,1H3,(H,16,17,18). The van der Waals surface area contributed by atoms with Gasteiger partial charge < -0.3 is 10.5 Å². The van der Waals surface area contributed by atoms with Gasteiger partial charge >= 0.3 is 0 Å². The third-order valence-electron chi connectivity index (χ3n) is 2.66. The van der Waals surface area contributed by atoms with Crippen LogP contribution in [-0.2, 0) is 10.1 Å². The summed E-state index contributed by atoms with van der Waals surface area (Å²) >= 11 is 5.97. The molecular weight excluding hydrogens is 302 g/mol. The Morgan fingerprint density at radius 2 is 1.85 bits per heavy atom. The average Bonchev–Trinajstić information content (AvgIpc) is 2.33.